The zero-order valence-electron chi connectivity index (χ0n) is 11.5. The van der Waals surface area contributed by atoms with Crippen LogP contribution in [0, 0.1) is 0 Å². The van der Waals surface area contributed by atoms with Crippen molar-refractivity contribution in [2.45, 2.75) is 26.7 Å². The highest BCUT2D eigenvalue weighted by Gasteiger charge is 2.22. The van der Waals surface area contributed by atoms with E-state index in [2.05, 4.69) is 5.16 Å². The second-order valence-corrected chi connectivity index (χ2v) is 4.36. The summed E-state index contributed by atoms with van der Waals surface area (Å²) in [7, 11) is 0. The summed E-state index contributed by atoms with van der Waals surface area (Å²) in [6.07, 6.45) is 1.40. The maximum atomic E-state index is 11.4. The molecule has 106 valence electrons. The number of ether oxygens (including phenoxy) is 1. The van der Waals surface area contributed by atoms with Crippen LogP contribution < -0.4 is 4.74 Å². The van der Waals surface area contributed by atoms with Gasteiger partial charge in [-0.1, -0.05) is 31.1 Å². The molecule has 5 nitrogen and oxygen atoms in total. The Morgan fingerprint density at radius 2 is 2.20 bits per heavy atom. The third-order valence-electron chi connectivity index (χ3n) is 2.88. The summed E-state index contributed by atoms with van der Waals surface area (Å²) in [4.78, 5) is 11.4. The number of aryl methyl sites for hydroxylation is 1. The van der Waals surface area contributed by atoms with Crippen LogP contribution in [0.5, 0.6) is 5.75 Å². The molecule has 0 aliphatic rings. The minimum atomic E-state index is -1.03. The van der Waals surface area contributed by atoms with E-state index in [1.54, 1.807) is 12.1 Å². The molecule has 0 amide bonds. The van der Waals surface area contributed by atoms with Crippen molar-refractivity contribution in [3.63, 3.8) is 0 Å². The van der Waals surface area contributed by atoms with Crippen LogP contribution >= 0.6 is 0 Å². The lowest BCUT2D eigenvalue weighted by Crippen LogP contribution is -2.01. The van der Waals surface area contributed by atoms with E-state index in [1.807, 2.05) is 26.0 Å². The van der Waals surface area contributed by atoms with Gasteiger partial charge in [0, 0.05) is 12.0 Å². The Morgan fingerprint density at radius 3 is 2.85 bits per heavy atom. The van der Waals surface area contributed by atoms with Crippen LogP contribution in [0.3, 0.4) is 0 Å². The first kappa shape index (κ1) is 14.1. The third kappa shape index (κ3) is 2.82. The van der Waals surface area contributed by atoms with E-state index in [0.717, 1.165) is 6.42 Å². The Hall–Kier alpha value is -2.30. The Bertz CT molecular complexity index is 604. The largest absolute Gasteiger partial charge is 0.494 e. The van der Waals surface area contributed by atoms with Gasteiger partial charge in [0.2, 0.25) is 0 Å². The highest BCUT2D eigenvalue weighted by Crippen LogP contribution is 2.28. The molecular weight excluding hydrogens is 258 g/mol. The maximum absolute atomic E-state index is 11.4. The van der Waals surface area contributed by atoms with Gasteiger partial charge in [-0.2, -0.15) is 0 Å². The van der Waals surface area contributed by atoms with E-state index in [1.165, 1.54) is 0 Å². The molecule has 1 N–H and O–H groups in total. The van der Waals surface area contributed by atoms with Gasteiger partial charge in [0.05, 0.1) is 6.61 Å². The van der Waals surface area contributed by atoms with Crippen LogP contribution in [0.2, 0.25) is 0 Å². The Labute approximate surface area is 117 Å². The maximum Gasteiger partial charge on any atom is 0.341 e. The van der Waals surface area contributed by atoms with Crippen molar-refractivity contribution < 1.29 is 19.2 Å². The predicted octanol–water partition coefficient (Wildman–Crippen LogP) is 3.39. The standard InChI is InChI=1S/C15H17NO4/c1-3-8-19-11-7-5-6-10(9-11)14-13(15(17)18)12(4-2)20-16-14/h5-7,9H,3-4,8H2,1-2H3,(H,17,18). The number of benzene rings is 1. The fraction of sp³-hybridized carbons (Fsp3) is 0.333. The van der Waals surface area contributed by atoms with Gasteiger partial charge in [-0.15, -0.1) is 0 Å². The molecule has 0 unspecified atom stereocenters. The number of carbonyl (C=O) groups is 1. The van der Waals surface area contributed by atoms with E-state index < -0.39 is 5.97 Å². The topological polar surface area (TPSA) is 72.6 Å². The van der Waals surface area contributed by atoms with Gasteiger partial charge < -0.3 is 14.4 Å². The van der Waals surface area contributed by atoms with Crippen molar-refractivity contribution in [3.8, 4) is 17.0 Å². The van der Waals surface area contributed by atoms with Crippen LogP contribution in [-0.4, -0.2) is 22.8 Å². The van der Waals surface area contributed by atoms with Crippen molar-refractivity contribution in [3.05, 3.63) is 35.6 Å². The minimum absolute atomic E-state index is 0.125. The highest BCUT2D eigenvalue weighted by atomic mass is 16.5. The smallest absolute Gasteiger partial charge is 0.341 e. The summed E-state index contributed by atoms with van der Waals surface area (Å²) in [6.45, 7) is 4.48. The summed E-state index contributed by atoms with van der Waals surface area (Å²) in [5.74, 6) is 0.0482. The first-order valence-electron chi connectivity index (χ1n) is 6.62. The van der Waals surface area contributed by atoms with E-state index in [0.29, 0.717) is 35.8 Å². The normalized spacial score (nSPS) is 10.5. The van der Waals surface area contributed by atoms with Gasteiger partial charge in [-0.25, -0.2) is 4.79 Å². The number of aromatic nitrogens is 1. The highest BCUT2D eigenvalue weighted by molar-refractivity contribution is 5.95. The molecule has 0 saturated heterocycles. The van der Waals surface area contributed by atoms with Gasteiger partial charge in [0.25, 0.3) is 0 Å². The lowest BCUT2D eigenvalue weighted by Gasteiger charge is -2.06. The summed E-state index contributed by atoms with van der Waals surface area (Å²) >= 11 is 0. The summed E-state index contributed by atoms with van der Waals surface area (Å²) in [6, 6.07) is 7.22. The number of rotatable bonds is 6. The molecule has 0 fully saturated rings. The van der Waals surface area contributed by atoms with Crippen LogP contribution in [0.1, 0.15) is 36.4 Å². The summed E-state index contributed by atoms with van der Waals surface area (Å²) < 4.78 is 10.7. The monoisotopic (exact) mass is 275 g/mol. The molecule has 5 heteroatoms. The average Bonchev–Trinajstić information content (AvgIpc) is 2.89. The Balaban J connectivity index is 2.41. The molecule has 0 saturated carbocycles. The quantitative estimate of drug-likeness (QED) is 0.874. The molecule has 0 atom stereocenters. The SMILES string of the molecule is CCCOc1cccc(-c2noc(CC)c2C(=O)O)c1. The number of carboxylic acid groups (broad SMARTS) is 1. The zero-order chi connectivity index (χ0) is 14.5. The van der Waals surface area contributed by atoms with Crippen LogP contribution in [-0.2, 0) is 6.42 Å². The Morgan fingerprint density at radius 1 is 1.40 bits per heavy atom. The summed E-state index contributed by atoms with van der Waals surface area (Å²) in [5, 5.41) is 13.2. The van der Waals surface area contributed by atoms with E-state index in [-0.39, 0.29) is 5.56 Å². The second kappa shape index (κ2) is 6.23. The van der Waals surface area contributed by atoms with Crippen molar-refractivity contribution in [2.75, 3.05) is 6.61 Å². The van der Waals surface area contributed by atoms with Crippen LogP contribution in [0.15, 0.2) is 28.8 Å². The molecule has 0 aliphatic heterocycles. The van der Waals surface area contributed by atoms with Crippen LogP contribution in [0.4, 0.5) is 0 Å². The number of hydrogen-bond acceptors (Lipinski definition) is 4. The van der Waals surface area contributed by atoms with Crippen molar-refractivity contribution in [1.82, 2.24) is 5.16 Å². The third-order valence-corrected chi connectivity index (χ3v) is 2.88. The second-order valence-electron chi connectivity index (χ2n) is 4.36. The molecule has 1 aromatic carbocycles. The molecule has 0 spiro atoms. The first-order chi connectivity index (χ1) is 9.67. The van der Waals surface area contributed by atoms with Gasteiger partial charge in [0.15, 0.2) is 5.76 Å². The lowest BCUT2D eigenvalue weighted by molar-refractivity contribution is 0.0695. The number of carboxylic acids is 1. The van der Waals surface area contributed by atoms with Gasteiger partial charge in [-0.05, 0) is 18.6 Å². The molecule has 2 rings (SSSR count). The fourth-order valence-electron chi connectivity index (χ4n) is 1.94. The first-order valence-corrected chi connectivity index (χ1v) is 6.62. The number of nitrogens with zero attached hydrogens (tertiary/aromatic N) is 1. The van der Waals surface area contributed by atoms with E-state index in [4.69, 9.17) is 9.26 Å². The van der Waals surface area contributed by atoms with Gasteiger partial charge in [-0.3, -0.25) is 0 Å². The minimum Gasteiger partial charge on any atom is -0.494 e. The van der Waals surface area contributed by atoms with E-state index in [9.17, 15) is 9.90 Å². The lowest BCUT2D eigenvalue weighted by atomic mass is 10.0. The molecule has 0 radical (unpaired) electrons. The molecule has 2 aromatic rings. The molecule has 20 heavy (non-hydrogen) atoms. The number of hydrogen-bond donors (Lipinski definition) is 1. The van der Waals surface area contributed by atoms with Crippen molar-refractivity contribution in [2.24, 2.45) is 0 Å². The Kier molecular flexibility index (Phi) is 4.40. The molecule has 0 bridgehead atoms. The molecular formula is C15H17NO4. The number of aromatic carboxylic acids is 1. The van der Waals surface area contributed by atoms with Crippen LogP contribution in [0.25, 0.3) is 11.3 Å². The van der Waals surface area contributed by atoms with Gasteiger partial charge in [0.1, 0.15) is 17.0 Å². The predicted molar refractivity (Wildman–Crippen MR) is 74.1 cm³/mol. The van der Waals surface area contributed by atoms with Crippen molar-refractivity contribution >= 4 is 5.97 Å². The van der Waals surface area contributed by atoms with Crippen molar-refractivity contribution in [1.29, 1.82) is 0 Å². The fourth-order valence-corrected chi connectivity index (χ4v) is 1.94. The van der Waals surface area contributed by atoms with E-state index >= 15 is 0 Å². The molecule has 1 heterocycles. The van der Waals surface area contributed by atoms with Gasteiger partial charge >= 0.3 is 5.97 Å². The molecule has 0 aliphatic carbocycles. The average molecular weight is 275 g/mol. The molecule has 1 aromatic heterocycles. The summed E-state index contributed by atoms with van der Waals surface area (Å²) in [5.41, 5.74) is 1.15. The zero-order valence-corrected chi connectivity index (χ0v) is 11.5.